The number of esters is 1. The first-order valence-corrected chi connectivity index (χ1v) is 8.58. The minimum atomic E-state index is -0.394. The molecule has 1 aromatic heterocycles. The molecule has 134 valence electrons. The van der Waals surface area contributed by atoms with Gasteiger partial charge in [0.1, 0.15) is 5.75 Å². The number of anilines is 1. The first kappa shape index (κ1) is 17.6. The smallest absolute Gasteiger partial charge is 0.358 e. The van der Waals surface area contributed by atoms with Crippen LogP contribution in [-0.2, 0) is 17.8 Å². The number of rotatable bonds is 4. The Bertz CT molecular complexity index is 801. The zero-order chi connectivity index (χ0) is 18.2. The van der Waals surface area contributed by atoms with Gasteiger partial charge in [-0.2, -0.15) is 5.10 Å². The van der Waals surface area contributed by atoms with Crippen molar-refractivity contribution in [2.24, 2.45) is 0 Å². The van der Waals surface area contributed by atoms with Crippen molar-refractivity contribution in [2.75, 3.05) is 18.6 Å². The van der Waals surface area contributed by atoms with E-state index in [-0.39, 0.29) is 5.54 Å². The second kappa shape index (κ2) is 6.59. The van der Waals surface area contributed by atoms with Gasteiger partial charge in [0.15, 0.2) is 5.69 Å². The summed E-state index contributed by atoms with van der Waals surface area (Å²) in [7, 11) is 1.65. The molecule has 1 aromatic carbocycles. The zero-order valence-electron chi connectivity index (χ0n) is 14.9. The Morgan fingerprint density at radius 1 is 1.36 bits per heavy atom. The highest BCUT2D eigenvalue weighted by Gasteiger charge is 2.36. The molecule has 0 spiro atoms. The number of aromatic nitrogens is 2. The van der Waals surface area contributed by atoms with Crippen molar-refractivity contribution < 1.29 is 14.3 Å². The van der Waals surface area contributed by atoms with E-state index in [0.717, 1.165) is 17.1 Å². The van der Waals surface area contributed by atoms with Gasteiger partial charge in [-0.25, -0.2) is 4.79 Å². The Morgan fingerprint density at radius 3 is 2.80 bits per heavy atom. The highest BCUT2D eigenvalue weighted by molar-refractivity contribution is 6.31. The van der Waals surface area contributed by atoms with Gasteiger partial charge in [-0.05, 0) is 45.0 Å². The van der Waals surface area contributed by atoms with Gasteiger partial charge in [0.25, 0.3) is 0 Å². The van der Waals surface area contributed by atoms with Crippen LogP contribution in [0.5, 0.6) is 5.75 Å². The molecule has 1 aliphatic rings. The molecule has 0 saturated carbocycles. The summed E-state index contributed by atoms with van der Waals surface area (Å²) < 4.78 is 12.4. The largest absolute Gasteiger partial charge is 0.495 e. The molecule has 0 saturated heterocycles. The van der Waals surface area contributed by atoms with Crippen LogP contribution in [0.15, 0.2) is 24.3 Å². The van der Waals surface area contributed by atoms with Crippen LogP contribution in [0, 0.1) is 0 Å². The number of carbonyl (C=O) groups excluding carboxylic acids is 1. The van der Waals surface area contributed by atoms with Crippen LogP contribution in [0.1, 0.15) is 37.0 Å². The van der Waals surface area contributed by atoms with Crippen molar-refractivity contribution in [3.05, 3.63) is 40.7 Å². The SMILES string of the molecule is CCOC(=O)c1cc2n(n1)CC(C)(C)N(c1cc(Cl)ccc1OC)C2. The molecule has 25 heavy (non-hydrogen) atoms. The number of carbonyl (C=O) groups is 1. The Morgan fingerprint density at radius 2 is 2.12 bits per heavy atom. The normalized spacial score (nSPS) is 15.6. The van der Waals surface area contributed by atoms with Crippen molar-refractivity contribution in [3.63, 3.8) is 0 Å². The summed E-state index contributed by atoms with van der Waals surface area (Å²) in [5, 5.41) is 5.06. The molecule has 0 unspecified atom stereocenters. The van der Waals surface area contributed by atoms with Gasteiger partial charge in [-0.1, -0.05) is 11.6 Å². The summed E-state index contributed by atoms with van der Waals surface area (Å²) in [6.45, 7) is 7.60. The third kappa shape index (κ3) is 3.31. The highest BCUT2D eigenvalue weighted by atomic mass is 35.5. The molecule has 6 nitrogen and oxygen atoms in total. The van der Waals surface area contributed by atoms with E-state index in [1.54, 1.807) is 20.1 Å². The fourth-order valence-electron chi connectivity index (χ4n) is 3.14. The predicted octanol–water partition coefficient (Wildman–Crippen LogP) is 3.52. The van der Waals surface area contributed by atoms with E-state index >= 15 is 0 Å². The van der Waals surface area contributed by atoms with Crippen LogP contribution in [0.4, 0.5) is 5.69 Å². The summed E-state index contributed by atoms with van der Waals surface area (Å²) in [6.07, 6.45) is 0. The topological polar surface area (TPSA) is 56.6 Å². The average molecular weight is 364 g/mol. The molecule has 0 bridgehead atoms. The van der Waals surface area contributed by atoms with Crippen molar-refractivity contribution in [1.29, 1.82) is 0 Å². The summed E-state index contributed by atoms with van der Waals surface area (Å²) >= 11 is 6.21. The van der Waals surface area contributed by atoms with E-state index in [0.29, 0.717) is 30.4 Å². The van der Waals surface area contributed by atoms with Gasteiger partial charge in [0, 0.05) is 5.02 Å². The number of halogens is 1. The molecule has 0 amide bonds. The first-order valence-electron chi connectivity index (χ1n) is 8.20. The molecule has 0 aliphatic carbocycles. The number of methoxy groups -OCH3 is 1. The molecule has 1 aliphatic heterocycles. The fraction of sp³-hybridized carbons (Fsp3) is 0.444. The van der Waals surface area contributed by atoms with Crippen LogP contribution in [-0.4, -0.2) is 35.0 Å². The molecule has 0 N–H and O–H groups in total. The second-order valence-corrected chi connectivity index (χ2v) is 7.05. The average Bonchev–Trinajstić information content (AvgIpc) is 2.95. The van der Waals surface area contributed by atoms with Gasteiger partial charge in [-0.15, -0.1) is 0 Å². The Kier molecular flexibility index (Phi) is 4.64. The van der Waals surface area contributed by atoms with Crippen LogP contribution < -0.4 is 9.64 Å². The van der Waals surface area contributed by atoms with Gasteiger partial charge in [-0.3, -0.25) is 4.68 Å². The number of nitrogens with zero attached hydrogens (tertiary/aromatic N) is 3. The lowest BCUT2D eigenvalue weighted by Gasteiger charge is -2.44. The molecule has 0 atom stereocenters. The van der Waals surface area contributed by atoms with Gasteiger partial charge < -0.3 is 14.4 Å². The van der Waals surface area contributed by atoms with E-state index in [4.69, 9.17) is 21.1 Å². The van der Waals surface area contributed by atoms with Crippen molar-refractivity contribution in [3.8, 4) is 5.75 Å². The van der Waals surface area contributed by atoms with Crippen molar-refractivity contribution >= 4 is 23.3 Å². The summed E-state index contributed by atoms with van der Waals surface area (Å²) in [6, 6.07) is 7.37. The minimum Gasteiger partial charge on any atom is -0.495 e. The predicted molar refractivity (Wildman–Crippen MR) is 96.4 cm³/mol. The number of benzene rings is 1. The molecule has 7 heteroatoms. The van der Waals surface area contributed by atoms with E-state index < -0.39 is 5.97 Å². The molecule has 3 rings (SSSR count). The number of fused-ring (bicyclic) bond motifs is 1. The van der Waals surface area contributed by atoms with E-state index in [1.165, 1.54) is 0 Å². The highest BCUT2D eigenvalue weighted by Crippen LogP contribution is 2.39. The number of ether oxygens (including phenoxy) is 2. The molecular weight excluding hydrogens is 342 g/mol. The third-order valence-electron chi connectivity index (χ3n) is 4.37. The van der Waals surface area contributed by atoms with Crippen molar-refractivity contribution in [2.45, 2.75) is 39.4 Å². The molecule has 2 aromatic rings. The first-order chi connectivity index (χ1) is 11.9. The number of hydrogen-bond acceptors (Lipinski definition) is 5. The summed E-state index contributed by atoms with van der Waals surface area (Å²) in [5.41, 5.74) is 1.98. The maximum Gasteiger partial charge on any atom is 0.358 e. The number of hydrogen-bond donors (Lipinski definition) is 0. The summed E-state index contributed by atoms with van der Waals surface area (Å²) in [4.78, 5) is 14.2. The van der Waals surface area contributed by atoms with E-state index in [1.807, 2.05) is 22.9 Å². The molecular formula is C18H22ClN3O3. The van der Waals surface area contributed by atoms with E-state index in [2.05, 4.69) is 23.8 Å². The molecule has 2 heterocycles. The lowest BCUT2D eigenvalue weighted by molar-refractivity contribution is 0.0518. The zero-order valence-corrected chi connectivity index (χ0v) is 15.6. The lowest BCUT2D eigenvalue weighted by Crippen LogP contribution is -2.51. The maximum atomic E-state index is 12.0. The van der Waals surface area contributed by atoms with Crippen molar-refractivity contribution in [1.82, 2.24) is 9.78 Å². The second-order valence-electron chi connectivity index (χ2n) is 6.61. The van der Waals surface area contributed by atoms with Gasteiger partial charge >= 0.3 is 5.97 Å². The Labute approximate surface area is 152 Å². The summed E-state index contributed by atoms with van der Waals surface area (Å²) in [5.74, 6) is 0.366. The van der Waals surface area contributed by atoms with Crippen LogP contribution in [0.25, 0.3) is 0 Å². The van der Waals surface area contributed by atoms with Crippen LogP contribution in [0.2, 0.25) is 5.02 Å². The minimum absolute atomic E-state index is 0.233. The standard InChI is InChI=1S/C18H22ClN3O3/c1-5-25-17(23)14-9-13-10-21(18(2,3)11-22(13)20-14)15-8-12(19)6-7-16(15)24-4/h6-9H,5,10-11H2,1-4H3. The fourth-order valence-corrected chi connectivity index (χ4v) is 3.30. The van der Waals surface area contributed by atoms with Gasteiger partial charge in [0.2, 0.25) is 0 Å². The quantitative estimate of drug-likeness (QED) is 0.778. The van der Waals surface area contributed by atoms with E-state index in [9.17, 15) is 4.79 Å². The maximum absolute atomic E-state index is 12.0. The molecule has 0 fully saturated rings. The lowest BCUT2D eigenvalue weighted by atomic mass is 9.98. The Hall–Kier alpha value is -2.21. The monoisotopic (exact) mass is 363 g/mol. The third-order valence-corrected chi connectivity index (χ3v) is 4.60. The van der Waals surface area contributed by atoms with Crippen LogP contribution >= 0.6 is 11.6 Å². The molecule has 0 radical (unpaired) electrons. The van der Waals surface area contributed by atoms with Gasteiger partial charge in [0.05, 0.1) is 43.7 Å². The Balaban J connectivity index is 1.99. The van der Waals surface area contributed by atoms with Crippen LogP contribution in [0.3, 0.4) is 0 Å².